The van der Waals surface area contributed by atoms with Gasteiger partial charge < -0.3 is 30.4 Å². The Bertz CT molecular complexity index is 1500. The zero-order chi connectivity index (χ0) is 26.4. The number of carbonyl (C=O) groups excluding carboxylic acids is 1. The summed E-state index contributed by atoms with van der Waals surface area (Å²) in [5.41, 5.74) is 1.24. The van der Waals surface area contributed by atoms with Crippen LogP contribution in [0.15, 0.2) is 53.9 Å². The standard InChI is InChI=1S/C30H33N3O5/c1-16(28(36)32-20-6-7-21-18(13-20)9-11-31-21)25(35)27-30-10-12-33(15-17-3-4-17)23(29(30,2)37)14-19-5-8-22(34)26(38-27)24(19)30/h5-9,11,13,17,23,27,31,34-35,37H,3-4,10,12,14-15H2,1-2H3,(H,32,36)/b25-16-/t23-,27+,29-,30+/m1/s1. The molecule has 0 unspecified atom stereocenters. The number of H-pyrrole nitrogens is 1. The van der Waals surface area contributed by atoms with Gasteiger partial charge in [-0.2, -0.15) is 0 Å². The lowest BCUT2D eigenvalue weighted by atomic mass is 9.53. The highest BCUT2D eigenvalue weighted by atomic mass is 16.5. The highest BCUT2D eigenvalue weighted by molar-refractivity contribution is 6.04. The van der Waals surface area contributed by atoms with E-state index in [1.807, 2.05) is 37.4 Å². The smallest absolute Gasteiger partial charge is 0.254 e. The average molecular weight is 516 g/mol. The second-order valence-corrected chi connectivity index (χ2v) is 11.7. The van der Waals surface area contributed by atoms with Gasteiger partial charge in [0.1, 0.15) is 5.76 Å². The number of anilines is 1. The number of rotatable bonds is 5. The van der Waals surface area contributed by atoms with Crippen LogP contribution in [0.2, 0.25) is 0 Å². The van der Waals surface area contributed by atoms with Crippen molar-refractivity contribution in [2.45, 2.75) is 62.7 Å². The number of carbonyl (C=O) groups is 1. The number of nitrogens with zero attached hydrogens (tertiary/aromatic N) is 1. The summed E-state index contributed by atoms with van der Waals surface area (Å²) in [4.78, 5) is 18.8. The van der Waals surface area contributed by atoms with E-state index >= 15 is 0 Å². The molecule has 8 nitrogen and oxygen atoms in total. The molecule has 5 N–H and O–H groups in total. The SMILES string of the molecule is C/C(C(=O)Nc1ccc2[nH]ccc2c1)=C(/O)[C@@H]1Oc2c(O)ccc3c2[C@@]12CCN(CC1CC1)[C@H](C3)[C@@]2(C)O. The minimum Gasteiger partial charge on any atom is -0.508 e. The normalized spacial score (nSPS) is 30.5. The second-order valence-electron chi connectivity index (χ2n) is 11.7. The van der Waals surface area contributed by atoms with E-state index < -0.39 is 23.0 Å². The van der Waals surface area contributed by atoms with Crippen LogP contribution in [0.3, 0.4) is 0 Å². The molecule has 2 fully saturated rings. The fourth-order valence-electron chi connectivity index (χ4n) is 7.24. The van der Waals surface area contributed by atoms with Crippen molar-refractivity contribution in [3.63, 3.8) is 0 Å². The van der Waals surface area contributed by atoms with Gasteiger partial charge in [0, 0.05) is 40.9 Å². The number of aliphatic hydroxyl groups is 2. The zero-order valence-corrected chi connectivity index (χ0v) is 21.6. The van der Waals surface area contributed by atoms with Crippen LogP contribution in [0.5, 0.6) is 11.5 Å². The summed E-state index contributed by atoms with van der Waals surface area (Å²) in [6, 6.07) is 10.9. The van der Waals surface area contributed by atoms with Crippen molar-refractivity contribution in [2.24, 2.45) is 5.92 Å². The molecule has 1 spiro atoms. The molecule has 1 aromatic heterocycles. The van der Waals surface area contributed by atoms with Gasteiger partial charge in [0.05, 0.1) is 16.6 Å². The van der Waals surface area contributed by atoms with E-state index in [-0.39, 0.29) is 23.1 Å². The Hall–Kier alpha value is -3.49. The average Bonchev–Trinajstić information content (AvgIpc) is 3.45. The molecule has 198 valence electrons. The fourth-order valence-corrected chi connectivity index (χ4v) is 7.24. The first-order valence-corrected chi connectivity index (χ1v) is 13.5. The van der Waals surface area contributed by atoms with E-state index in [9.17, 15) is 20.1 Å². The Balaban J connectivity index is 1.28. The number of aromatic hydroxyl groups is 1. The van der Waals surface area contributed by atoms with Gasteiger partial charge in [0.2, 0.25) is 0 Å². The maximum atomic E-state index is 13.3. The predicted octanol–water partition coefficient (Wildman–Crippen LogP) is 4.13. The molecular formula is C30H33N3O5. The summed E-state index contributed by atoms with van der Waals surface area (Å²) in [7, 11) is 0. The van der Waals surface area contributed by atoms with Crippen molar-refractivity contribution < 1.29 is 24.9 Å². The Labute approximate surface area is 220 Å². The summed E-state index contributed by atoms with van der Waals surface area (Å²) < 4.78 is 6.31. The van der Waals surface area contributed by atoms with Crippen molar-refractivity contribution in [2.75, 3.05) is 18.4 Å². The predicted molar refractivity (Wildman–Crippen MR) is 143 cm³/mol. The number of fused-ring (bicyclic) bond motifs is 2. The quantitative estimate of drug-likeness (QED) is 0.258. The Morgan fingerprint density at radius 2 is 2.05 bits per heavy atom. The number of aromatic amines is 1. The lowest BCUT2D eigenvalue weighted by molar-refractivity contribution is -0.153. The number of hydrogen-bond donors (Lipinski definition) is 5. The summed E-state index contributed by atoms with van der Waals surface area (Å²) >= 11 is 0. The number of piperidine rings is 1. The van der Waals surface area contributed by atoms with Gasteiger partial charge in [-0.15, -0.1) is 0 Å². The third-order valence-corrected chi connectivity index (χ3v) is 9.53. The maximum Gasteiger partial charge on any atom is 0.254 e. The highest BCUT2D eigenvalue weighted by Crippen LogP contribution is 2.63. The Kier molecular flexibility index (Phi) is 4.98. The largest absolute Gasteiger partial charge is 0.508 e. The number of likely N-dealkylation sites (tertiary alicyclic amines) is 1. The lowest BCUT2D eigenvalue weighted by Crippen LogP contribution is -2.73. The molecule has 38 heavy (non-hydrogen) atoms. The van der Waals surface area contributed by atoms with Gasteiger partial charge in [0.15, 0.2) is 17.6 Å². The van der Waals surface area contributed by atoms with Crippen LogP contribution in [0.1, 0.15) is 44.2 Å². The van der Waals surface area contributed by atoms with Crippen LogP contribution < -0.4 is 10.1 Å². The third-order valence-electron chi connectivity index (χ3n) is 9.53. The van der Waals surface area contributed by atoms with Crippen LogP contribution in [-0.4, -0.2) is 61.9 Å². The molecule has 1 saturated carbocycles. The first-order valence-electron chi connectivity index (χ1n) is 13.5. The molecule has 2 aliphatic carbocycles. The van der Waals surface area contributed by atoms with Crippen molar-refractivity contribution in [1.82, 2.24) is 9.88 Å². The van der Waals surface area contributed by atoms with Gasteiger partial charge in [0.25, 0.3) is 5.91 Å². The van der Waals surface area contributed by atoms with Crippen LogP contribution >= 0.6 is 0 Å². The van der Waals surface area contributed by atoms with Crippen LogP contribution in [0.4, 0.5) is 5.69 Å². The molecule has 8 heteroatoms. The van der Waals surface area contributed by atoms with Gasteiger partial charge in [-0.25, -0.2) is 0 Å². The molecular weight excluding hydrogens is 482 g/mol. The highest BCUT2D eigenvalue weighted by Gasteiger charge is 2.69. The molecule has 3 heterocycles. The van der Waals surface area contributed by atoms with E-state index in [1.165, 1.54) is 12.8 Å². The summed E-state index contributed by atoms with van der Waals surface area (Å²) in [6.45, 7) is 5.11. The van der Waals surface area contributed by atoms with Crippen molar-refractivity contribution in [3.05, 3.63) is 65.1 Å². The second kappa shape index (κ2) is 8.01. The zero-order valence-electron chi connectivity index (χ0n) is 21.6. The number of aromatic nitrogens is 1. The van der Waals surface area contributed by atoms with E-state index in [4.69, 9.17) is 4.74 Å². The van der Waals surface area contributed by atoms with Gasteiger partial charge >= 0.3 is 0 Å². The molecule has 2 aromatic carbocycles. The van der Waals surface area contributed by atoms with E-state index in [1.54, 1.807) is 19.1 Å². The van der Waals surface area contributed by atoms with Gasteiger partial charge in [-0.1, -0.05) is 6.07 Å². The van der Waals surface area contributed by atoms with Gasteiger partial charge in [-0.3, -0.25) is 9.69 Å². The van der Waals surface area contributed by atoms with Crippen LogP contribution in [-0.2, 0) is 16.6 Å². The molecule has 4 aliphatic rings. The van der Waals surface area contributed by atoms with E-state index in [0.29, 0.717) is 30.2 Å². The summed E-state index contributed by atoms with van der Waals surface area (Å²) in [5.74, 6) is 0.297. The maximum absolute atomic E-state index is 13.3. The van der Waals surface area contributed by atoms with Crippen molar-refractivity contribution >= 4 is 22.5 Å². The molecule has 7 rings (SSSR count). The number of aliphatic hydroxyl groups excluding tert-OH is 1. The minimum atomic E-state index is -1.25. The summed E-state index contributed by atoms with van der Waals surface area (Å²) in [5, 5.41) is 38.5. The molecule has 4 atom stereocenters. The molecule has 0 radical (unpaired) electrons. The lowest BCUT2D eigenvalue weighted by Gasteiger charge is -2.59. The van der Waals surface area contributed by atoms with E-state index in [0.717, 1.165) is 35.1 Å². The number of hydrogen-bond acceptors (Lipinski definition) is 6. The number of ether oxygens (including phenoxy) is 1. The van der Waals surface area contributed by atoms with Crippen molar-refractivity contribution in [1.29, 1.82) is 0 Å². The molecule has 2 bridgehead atoms. The first-order chi connectivity index (χ1) is 18.2. The topological polar surface area (TPSA) is 118 Å². The molecule has 1 saturated heterocycles. The number of phenolic OH excluding ortho intramolecular Hbond substituents is 1. The van der Waals surface area contributed by atoms with Gasteiger partial charge in [-0.05, 0) is 87.9 Å². The molecule has 3 aromatic rings. The summed E-state index contributed by atoms with van der Waals surface area (Å²) in [6.07, 6.45) is 4.48. The number of phenols is 1. The number of nitrogens with one attached hydrogen (secondary N) is 2. The monoisotopic (exact) mass is 515 g/mol. The molecule has 2 aliphatic heterocycles. The van der Waals surface area contributed by atoms with Crippen LogP contribution in [0.25, 0.3) is 10.9 Å². The Morgan fingerprint density at radius 1 is 1.24 bits per heavy atom. The third kappa shape index (κ3) is 3.20. The first kappa shape index (κ1) is 23.6. The number of amides is 1. The fraction of sp³-hybridized carbons (Fsp3) is 0.433. The Morgan fingerprint density at radius 3 is 2.84 bits per heavy atom. The van der Waals surface area contributed by atoms with Crippen molar-refractivity contribution in [3.8, 4) is 11.5 Å². The van der Waals surface area contributed by atoms with E-state index in [2.05, 4.69) is 15.2 Å². The molecule has 1 amide bonds. The number of benzene rings is 2. The minimum absolute atomic E-state index is 0.0185. The van der Waals surface area contributed by atoms with Crippen LogP contribution in [0, 0.1) is 5.92 Å².